The number of nitrogens with zero attached hydrogens (tertiary/aromatic N) is 1. The number of rotatable bonds is 8. The smallest absolute Gasteiger partial charge is 0.259 e. The Morgan fingerprint density at radius 1 is 1.19 bits per heavy atom. The zero-order chi connectivity index (χ0) is 23.1. The van der Waals surface area contributed by atoms with Crippen molar-refractivity contribution < 1.29 is 23.8 Å². The molecule has 1 unspecified atom stereocenters. The lowest BCUT2D eigenvalue weighted by Gasteiger charge is -2.21. The highest BCUT2D eigenvalue weighted by molar-refractivity contribution is 6.32. The second-order valence-electron chi connectivity index (χ2n) is 7.78. The van der Waals surface area contributed by atoms with Crippen LogP contribution < -0.4 is 19.5 Å². The number of ether oxygens (including phenoxy) is 3. The molecule has 1 atom stereocenters. The molecule has 3 rings (SSSR count). The van der Waals surface area contributed by atoms with Gasteiger partial charge in [-0.1, -0.05) is 36.7 Å². The Hall–Kier alpha value is -2.93. The summed E-state index contributed by atoms with van der Waals surface area (Å²) in [6, 6.07) is 10.7. The van der Waals surface area contributed by atoms with Crippen LogP contribution in [0.15, 0.2) is 36.4 Å². The predicted octanol–water partition coefficient (Wildman–Crippen LogP) is 3.78. The van der Waals surface area contributed by atoms with Gasteiger partial charge in [-0.2, -0.15) is 0 Å². The Bertz CT molecular complexity index is 963. The second kappa shape index (κ2) is 11.1. The van der Waals surface area contributed by atoms with Gasteiger partial charge in [-0.3, -0.25) is 9.59 Å². The third-order valence-corrected chi connectivity index (χ3v) is 5.40. The lowest BCUT2D eigenvalue weighted by molar-refractivity contribution is -0.130. The number of likely N-dealkylation sites (N-methyl/N-ethyl adjacent to an activating group) is 1. The van der Waals surface area contributed by atoms with E-state index < -0.39 is 0 Å². The molecule has 172 valence electrons. The quantitative estimate of drug-likeness (QED) is 0.648. The monoisotopic (exact) mass is 460 g/mol. The molecule has 1 heterocycles. The summed E-state index contributed by atoms with van der Waals surface area (Å²) < 4.78 is 17.1. The van der Waals surface area contributed by atoms with Gasteiger partial charge in [-0.15, -0.1) is 0 Å². The van der Waals surface area contributed by atoms with Crippen LogP contribution in [0.5, 0.6) is 17.2 Å². The van der Waals surface area contributed by atoms with Crippen molar-refractivity contribution in [3.8, 4) is 17.2 Å². The lowest BCUT2D eigenvalue weighted by atomic mass is 10.0. The maximum atomic E-state index is 12.8. The van der Waals surface area contributed by atoms with Crippen molar-refractivity contribution in [1.82, 2.24) is 10.2 Å². The molecule has 0 radical (unpaired) electrons. The minimum atomic E-state index is -0.260. The van der Waals surface area contributed by atoms with Gasteiger partial charge in [-0.05, 0) is 30.2 Å². The van der Waals surface area contributed by atoms with Crippen LogP contribution in [0.2, 0.25) is 5.02 Å². The first kappa shape index (κ1) is 23.7. The topological polar surface area (TPSA) is 77.1 Å². The van der Waals surface area contributed by atoms with E-state index >= 15 is 0 Å². The van der Waals surface area contributed by atoms with E-state index in [0.29, 0.717) is 41.9 Å². The summed E-state index contributed by atoms with van der Waals surface area (Å²) >= 11 is 6.35. The third-order valence-electron chi connectivity index (χ3n) is 5.11. The van der Waals surface area contributed by atoms with Crippen molar-refractivity contribution in [2.45, 2.75) is 32.2 Å². The average molecular weight is 461 g/mol. The number of para-hydroxylation sites is 1. The van der Waals surface area contributed by atoms with Crippen LogP contribution in [-0.4, -0.2) is 50.6 Å². The Morgan fingerprint density at radius 2 is 1.94 bits per heavy atom. The number of benzene rings is 2. The van der Waals surface area contributed by atoms with E-state index in [9.17, 15) is 9.59 Å². The fourth-order valence-corrected chi connectivity index (χ4v) is 3.67. The van der Waals surface area contributed by atoms with Gasteiger partial charge in [0.25, 0.3) is 5.91 Å². The first-order chi connectivity index (χ1) is 15.4. The number of carbonyl (C=O) groups excluding carboxylic acids is 2. The fourth-order valence-electron chi connectivity index (χ4n) is 3.39. The number of nitrogens with one attached hydrogen (secondary N) is 1. The molecular weight excluding hydrogens is 432 g/mol. The third kappa shape index (κ3) is 6.07. The Labute approximate surface area is 193 Å². The van der Waals surface area contributed by atoms with Crippen molar-refractivity contribution in [3.05, 3.63) is 52.5 Å². The molecule has 2 aromatic carbocycles. The molecule has 0 spiro atoms. The zero-order valence-electron chi connectivity index (χ0n) is 18.7. The zero-order valence-corrected chi connectivity index (χ0v) is 19.4. The van der Waals surface area contributed by atoms with E-state index in [-0.39, 0.29) is 30.9 Å². The van der Waals surface area contributed by atoms with Gasteiger partial charge in [0, 0.05) is 26.1 Å². The normalized spacial score (nSPS) is 13.6. The van der Waals surface area contributed by atoms with E-state index in [2.05, 4.69) is 5.32 Å². The Morgan fingerprint density at radius 3 is 2.69 bits per heavy atom. The number of fused-ring (bicyclic) bond motifs is 1. The first-order valence-electron chi connectivity index (χ1n) is 10.7. The molecule has 1 N–H and O–H groups in total. The molecule has 8 heteroatoms. The van der Waals surface area contributed by atoms with Gasteiger partial charge < -0.3 is 24.4 Å². The van der Waals surface area contributed by atoms with Gasteiger partial charge >= 0.3 is 0 Å². The van der Waals surface area contributed by atoms with Gasteiger partial charge in [0.15, 0.2) is 18.1 Å². The molecule has 0 bridgehead atoms. The summed E-state index contributed by atoms with van der Waals surface area (Å²) in [5.41, 5.74) is 1.57. The van der Waals surface area contributed by atoms with Crippen LogP contribution in [0, 0.1) is 0 Å². The molecule has 0 aromatic heterocycles. The number of hydrogen-bond acceptors (Lipinski definition) is 5. The van der Waals surface area contributed by atoms with Crippen LogP contribution in [-0.2, 0) is 16.0 Å². The van der Waals surface area contributed by atoms with Crippen LogP contribution >= 0.6 is 11.6 Å². The van der Waals surface area contributed by atoms with E-state index in [0.717, 1.165) is 17.5 Å². The van der Waals surface area contributed by atoms with E-state index in [1.54, 1.807) is 32.3 Å². The number of hydrogen-bond donors (Lipinski definition) is 1. The predicted molar refractivity (Wildman–Crippen MR) is 123 cm³/mol. The molecule has 0 fully saturated rings. The summed E-state index contributed by atoms with van der Waals surface area (Å²) in [6.45, 7) is 3.01. The Kier molecular flexibility index (Phi) is 8.22. The molecule has 1 aliphatic heterocycles. The molecular formula is C24H29ClN2O5. The van der Waals surface area contributed by atoms with Crippen LogP contribution in [0.3, 0.4) is 0 Å². The molecule has 2 aromatic rings. The largest absolute Gasteiger partial charge is 0.489 e. The second-order valence-corrected chi connectivity index (χ2v) is 8.18. The van der Waals surface area contributed by atoms with Crippen LogP contribution in [0.4, 0.5) is 0 Å². The number of carbonyl (C=O) groups is 2. The molecule has 7 nitrogen and oxygen atoms in total. The van der Waals surface area contributed by atoms with Gasteiger partial charge in [0.2, 0.25) is 5.91 Å². The van der Waals surface area contributed by atoms with Crippen molar-refractivity contribution in [2.75, 3.05) is 33.9 Å². The molecule has 1 aliphatic rings. The summed E-state index contributed by atoms with van der Waals surface area (Å²) in [7, 11) is 3.36. The van der Waals surface area contributed by atoms with Crippen LogP contribution in [0.25, 0.3) is 0 Å². The highest BCUT2D eigenvalue weighted by Crippen LogP contribution is 2.38. The molecule has 0 aliphatic carbocycles. The van der Waals surface area contributed by atoms with E-state index in [1.165, 1.54) is 4.90 Å². The highest BCUT2D eigenvalue weighted by Gasteiger charge is 2.20. The highest BCUT2D eigenvalue weighted by atomic mass is 35.5. The first-order valence-corrected chi connectivity index (χ1v) is 11.1. The average Bonchev–Trinajstić information content (AvgIpc) is 3.02. The van der Waals surface area contributed by atoms with E-state index in [4.69, 9.17) is 25.8 Å². The van der Waals surface area contributed by atoms with Gasteiger partial charge in [-0.25, -0.2) is 0 Å². The van der Waals surface area contributed by atoms with Crippen molar-refractivity contribution in [1.29, 1.82) is 0 Å². The van der Waals surface area contributed by atoms with Gasteiger partial charge in [0.05, 0.1) is 30.7 Å². The summed E-state index contributed by atoms with van der Waals surface area (Å²) in [6.07, 6.45) is 1.59. The minimum Gasteiger partial charge on any atom is -0.489 e. The van der Waals surface area contributed by atoms with Crippen LogP contribution in [0.1, 0.15) is 36.9 Å². The lowest BCUT2D eigenvalue weighted by Crippen LogP contribution is -2.30. The maximum absolute atomic E-state index is 12.8. The van der Waals surface area contributed by atoms with Crippen molar-refractivity contribution in [2.24, 2.45) is 0 Å². The minimum absolute atomic E-state index is 0.0654. The van der Waals surface area contributed by atoms with Gasteiger partial charge in [0.1, 0.15) is 5.75 Å². The summed E-state index contributed by atoms with van der Waals surface area (Å²) in [5.74, 6) is 1.38. The standard InChI is InChI=1S/C24H29ClN2O5/c1-4-19(17-8-5-6-9-20(17)32-15-23(29)27(2)3)26-22(28)14-16-12-18(25)24-21(13-16)30-10-7-11-31-24/h5-6,8-9,12-13,19H,4,7,10-11,14-15H2,1-3H3,(H,26,28). The summed E-state index contributed by atoms with van der Waals surface area (Å²) in [5, 5.41) is 3.50. The fraction of sp³-hybridized carbons (Fsp3) is 0.417. The molecule has 2 amide bonds. The van der Waals surface area contributed by atoms with Crippen molar-refractivity contribution in [3.63, 3.8) is 0 Å². The number of amides is 2. The van der Waals surface area contributed by atoms with Crippen molar-refractivity contribution >= 4 is 23.4 Å². The SMILES string of the molecule is CCC(NC(=O)Cc1cc(Cl)c2c(c1)OCCCO2)c1ccccc1OCC(=O)N(C)C. The Balaban J connectivity index is 1.70. The molecule has 32 heavy (non-hydrogen) atoms. The summed E-state index contributed by atoms with van der Waals surface area (Å²) in [4.78, 5) is 26.2. The maximum Gasteiger partial charge on any atom is 0.259 e. The molecule has 0 saturated heterocycles. The number of halogens is 1. The molecule has 0 saturated carbocycles. The van der Waals surface area contributed by atoms with E-state index in [1.807, 2.05) is 25.1 Å².